The molecule has 0 radical (unpaired) electrons. The maximum Gasteiger partial charge on any atom is 0.257 e. The third-order valence-electron chi connectivity index (χ3n) is 5.70. The van der Waals surface area contributed by atoms with Gasteiger partial charge in [-0.25, -0.2) is 9.97 Å². The minimum atomic E-state index is -0.199. The number of primary amides is 1. The number of imidazole rings is 1. The first-order valence-corrected chi connectivity index (χ1v) is 10.4. The normalized spacial score (nSPS) is 15.0. The Morgan fingerprint density at radius 3 is 2.48 bits per heavy atom. The maximum atomic E-state index is 12.5. The number of anilines is 1. The van der Waals surface area contributed by atoms with Gasteiger partial charge in [-0.05, 0) is 62.2 Å². The smallest absolute Gasteiger partial charge is 0.257 e. The fourth-order valence-corrected chi connectivity index (χ4v) is 3.75. The van der Waals surface area contributed by atoms with Gasteiger partial charge in [-0.1, -0.05) is 12.1 Å². The fourth-order valence-electron chi connectivity index (χ4n) is 3.75. The van der Waals surface area contributed by atoms with Crippen molar-refractivity contribution in [3.05, 3.63) is 72.4 Å². The zero-order valence-corrected chi connectivity index (χ0v) is 17.3. The minimum Gasteiger partial charge on any atom is -0.369 e. The van der Waals surface area contributed by atoms with Gasteiger partial charge in [0.05, 0.1) is 5.56 Å². The van der Waals surface area contributed by atoms with Crippen molar-refractivity contribution in [1.29, 1.82) is 0 Å². The van der Waals surface area contributed by atoms with Crippen LogP contribution in [0.5, 0.6) is 0 Å². The molecule has 4 rings (SSSR count). The van der Waals surface area contributed by atoms with Gasteiger partial charge in [0.25, 0.3) is 5.91 Å². The van der Waals surface area contributed by atoms with Crippen LogP contribution in [0.25, 0.3) is 5.82 Å². The summed E-state index contributed by atoms with van der Waals surface area (Å²) in [6.07, 6.45) is 9.31. The summed E-state index contributed by atoms with van der Waals surface area (Å²) in [4.78, 5) is 34.4. The van der Waals surface area contributed by atoms with Crippen LogP contribution < -0.4 is 11.1 Å². The molecule has 1 aliphatic heterocycles. The zero-order valence-electron chi connectivity index (χ0n) is 17.3. The number of benzene rings is 1. The summed E-state index contributed by atoms with van der Waals surface area (Å²) < 4.78 is 1.78. The average molecular weight is 419 g/mol. The summed E-state index contributed by atoms with van der Waals surface area (Å²) in [6.45, 7) is 2.77. The monoisotopic (exact) mass is 418 g/mol. The lowest BCUT2D eigenvalue weighted by Crippen LogP contribution is -2.39. The highest BCUT2D eigenvalue weighted by Gasteiger charge is 2.22. The van der Waals surface area contributed by atoms with Crippen molar-refractivity contribution in [2.24, 2.45) is 11.7 Å². The predicted octanol–water partition coefficient (Wildman–Crippen LogP) is 2.26. The molecule has 2 amide bonds. The van der Waals surface area contributed by atoms with Gasteiger partial charge in [0, 0.05) is 36.7 Å². The van der Waals surface area contributed by atoms with Crippen LogP contribution in [-0.4, -0.2) is 50.9 Å². The summed E-state index contributed by atoms with van der Waals surface area (Å²) in [6, 6.07) is 11.4. The lowest BCUT2D eigenvalue weighted by atomic mass is 9.96. The Morgan fingerprint density at radius 1 is 1.10 bits per heavy atom. The predicted molar refractivity (Wildman–Crippen MR) is 118 cm³/mol. The van der Waals surface area contributed by atoms with Gasteiger partial charge in [-0.3, -0.25) is 14.2 Å². The van der Waals surface area contributed by atoms with Crippen LogP contribution in [0, 0.1) is 5.92 Å². The Morgan fingerprint density at radius 2 is 1.87 bits per heavy atom. The highest BCUT2D eigenvalue weighted by atomic mass is 16.2. The molecule has 1 fully saturated rings. The first-order valence-electron chi connectivity index (χ1n) is 10.4. The molecule has 0 aliphatic carbocycles. The summed E-state index contributed by atoms with van der Waals surface area (Å²) >= 11 is 0. The Kier molecular flexibility index (Phi) is 6.37. The second kappa shape index (κ2) is 9.53. The molecule has 0 unspecified atom stereocenters. The first-order chi connectivity index (χ1) is 15.1. The zero-order chi connectivity index (χ0) is 21.6. The fraction of sp³-hybridized carbons (Fsp3) is 0.304. The number of piperidine rings is 1. The van der Waals surface area contributed by atoms with Crippen molar-refractivity contribution in [1.82, 2.24) is 19.4 Å². The molecule has 1 aliphatic rings. The highest BCUT2D eigenvalue weighted by molar-refractivity contribution is 6.04. The number of rotatable bonds is 7. The molecule has 2 aromatic heterocycles. The van der Waals surface area contributed by atoms with Gasteiger partial charge in [0.2, 0.25) is 5.91 Å². The van der Waals surface area contributed by atoms with Gasteiger partial charge >= 0.3 is 0 Å². The number of carbonyl (C=O) groups excluding carboxylic acids is 2. The number of hydrogen-bond donors (Lipinski definition) is 2. The number of aromatic nitrogens is 3. The van der Waals surface area contributed by atoms with Crippen molar-refractivity contribution in [3.63, 3.8) is 0 Å². The third kappa shape index (κ3) is 5.35. The molecule has 3 N–H and O–H groups in total. The van der Waals surface area contributed by atoms with Crippen LogP contribution >= 0.6 is 0 Å². The second-order valence-electron chi connectivity index (χ2n) is 7.79. The summed E-state index contributed by atoms with van der Waals surface area (Å²) in [5, 5.41) is 2.91. The van der Waals surface area contributed by atoms with Gasteiger partial charge in [-0.15, -0.1) is 0 Å². The van der Waals surface area contributed by atoms with E-state index in [-0.39, 0.29) is 17.7 Å². The lowest BCUT2D eigenvalue weighted by molar-refractivity contribution is -0.123. The number of hydrogen-bond acceptors (Lipinski definition) is 5. The van der Waals surface area contributed by atoms with E-state index in [2.05, 4.69) is 20.2 Å². The molecule has 0 spiro atoms. The van der Waals surface area contributed by atoms with Gasteiger partial charge in [0.1, 0.15) is 12.1 Å². The molecule has 3 aromatic rings. The van der Waals surface area contributed by atoms with E-state index < -0.39 is 0 Å². The molecule has 8 heteroatoms. The van der Waals surface area contributed by atoms with Gasteiger partial charge in [-0.2, -0.15) is 0 Å². The topological polar surface area (TPSA) is 106 Å². The number of nitrogens with zero attached hydrogens (tertiary/aromatic N) is 4. The van der Waals surface area contributed by atoms with Crippen LogP contribution in [0.3, 0.4) is 0 Å². The SMILES string of the molecule is NC(=O)C1CCN(CCc2ccc(NC(=O)c3ccc(-n4ccnc4)nc3)cc2)CC1. The first kappa shape index (κ1) is 20.7. The highest BCUT2D eigenvalue weighted by Crippen LogP contribution is 2.18. The van der Waals surface area contributed by atoms with E-state index in [1.165, 1.54) is 5.56 Å². The van der Waals surface area contributed by atoms with E-state index in [1.54, 1.807) is 41.6 Å². The largest absolute Gasteiger partial charge is 0.369 e. The summed E-state index contributed by atoms with van der Waals surface area (Å²) in [5.74, 6) is 0.352. The summed E-state index contributed by atoms with van der Waals surface area (Å²) in [7, 11) is 0. The molecule has 31 heavy (non-hydrogen) atoms. The van der Waals surface area contributed by atoms with Crippen molar-refractivity contribution >= 4 is 17.5 Å². The van der Waals surface area contributed by atoms with Crippen LogP contribution in [-0.2, 0) is 11.2 Å². The average Bonchev–Trinajstić information content (AvgIpc) is 3.34. The standard InChI is InChI=1S/C23H26N6O2/c24-22(30)18-8-12-28(13-9-18)11-7-17-1-4-20(5-2-17)27-23(31)19-3-6-21(26-15-19)29-14-10-25-16-29/h1-6,10,14-16,18H,7-9,11-13H2,(H2,24,30)(H,27,31). The quantitative estimate of drug-likeness (QED) is 0.612. The molecular formula is C23H26N6O2. The molecule has 0 atom stereocenters. The molecule has 1 saturated heterocycles. The van der Waals surface area contributed by atoms with E-state index >= 15 is 0 Å². The number of likely N-dealkylation sites (tertiary alicyclic amines) is 1. The van der Waals surface area contributed by atoms with E-state index in [0.717, 1.165) is 44.6 Å². The van der Waals surface area contributed by atoms with Crippen molar-refractivity contribution < 1.29 is 9.59 Å². The molecule has 1 aromatic carbocycles. The van der Waals surface area contributed by atoms with E-state index in [1.807, 2.05) is 24.3 Å². The van der Waals surface area contributed by atoms with Crippen molar-refractivity contribution in [2.75, 3.05) is 25.0 Å². The maximum absolute atomic E-state index is 12.5. The van der Waals surface area contributed by atoms with Crippen LogP contribution in [0.15, 0.2) is 61.3 Å². The molecule has 0 saturated carbocycles. The third-order valence-corrected chi connectivity index (χ3v) is 5.70. The Balaban J connectivity index is 1.26. The van der Waals surface area contributed by atoms with Crippen molar-refractivity contribution in [3.8, 4) is 5.82 Å². The van der Waals surface area contributed by atoms with Crippen molar-refractivity contribution in [2.45, 2.75) is 19.3 Å². The Labute approximate surface area is 181 Å². The van der Waals surface area contributed by atoms with E-state index in [4.69, 9.17) is 5.73 Å². The molecule has 8 nitrogen and oxygen atoms in total. The van der Waals surface area contributed by atoms with Crippen LogP contribution in [0.4, 0.5) is 5.69 Å². The number of pyridine rings is 1. The molecule has 160 valence electrons. The van der Waals surface area contributed by atoms with E-state index in [9.17, 15) is 9.59 Å². The van der Waals surface area contributed by atoms with Gasteiger partial charge < -0.3 is 16.0 Å². The molecular weight excluding hydrogens is 392 g/mol. The summed E-state index contributed by atoms with van der Waals surface area (Å²) in [5.41, 5.74) is 7.84. The number of carbonyl (C=O) groups is 2. The minimum absolute atomic E-state index is 0.0245. The van der Waals surface area contributed by atoms with Crippen LogP contribution in [0.1, 0.15) is 28.8 Å². The van der Waals surface area contributed by atoms with E-state index in [0.29, 0.717) is 11.4 Å². The Hall–Kier alpha value is -3.52. The molecule has 0 bridgehead atoms. The Bertz CT molecular complexity index is 1010. The lowest BCUT2D eigenvalue weighted by Gasteiger charge is -2.30. The number of amides is 2. The van der Waals surface area contributed by atoms with Crippen LogP contribution in [0.2, 0.25) is 0 Å². The molecule has 3 heterocycles. The van der Waals surface area contributed by atoms with Gasteiger partial charge in [0.15, 0.2) is 0 Å². The second-order valence-corrected chi connectivity index (χ2v) is 7.79. The number of nitrogens with two attached hydrogens (primary N) is 1. The number of nitrogens with one attached hydrogen (secondary N) is 1.